The van der Waals surface area contributed by atoms with Crippen molar-refractivity contribution in [3.63, 3.8) is 0 Å². The van der Waals surface area contributed by atoms with Gasteiger partial charge in [-0.05, 0) is 12.1 Å². The van der Waals surface area contributed by atoms with E-state index in [9.17, 15) is 18.4 Å². The van der Waals surface area contributed by atoms with Gasteiger partial charge in [0.05, 0.1) is 48.8 Å². The molecule has 6 nitrogen and oxygen atoms in total. The number of aromatic nitrogens is 2. The largest absolute Gasteiger partial charge is 0.633 e. The minimum Gasteiger partial charge on any atom is -0.633 e. The molecule has 0 aliphatic carbocycles. The fraction of sp³-hybridized carbons (Fsp3) is 0.375. The number of hydrogen-bond acceptors (Lipinski definition) is 5. The monoisotopic (exact) mass is 455 g/mol. The topological polar surface area (TPSA) is 78.1 Å². The fourth-order valence-electron chi connectivity index (χ4n) is 2.90. The van der Waals surface area contributed by atoms with E-state index in [0.29, 0.717) is 0 Å². The highest BCUT2D eigenvalue weighted by molar-refractivity contribution is 6.45. The third-order valence-electron chi connectivity index (χ3n) is 4.42. The van der Waals surface area contributed by atoms with Crippen LogP contribution in [0.5, 0.6) is 0 Å². The van der Waals surface area contributed by atoms with Crippen LogP contribution in [0, 0.1) is 5.21 Å². The first-order valence-electron chi connectivity index (χ1n) is 8.09. The van der Waals surface area contributed by atoms with Crippen LogP contribution in [0.4, 0.5) is 24.9 Å². The molecule has 2 N–H and O–H groups in total. The van der Waals surface area contributed by atoms with E-state index in [0.717, 1.165) is 0 Å². The number of hydrogen-bond donors (Lipinski definition) is 1. The number of halogens is 6. The third-order valence-corrected chi connectivity index (χ3v) is 5.44. The minimum atomic E-state index is -4.84. The van der Waals surface area contributed by atoms with E-state index >= 15 is 0 Å². The summed E-state index contributed by atoms with van der Waals surface area (Å²) in [4.78, 5) is 9.24. The van der Waals surface area contributed by atoms with Crippen molar-refractivity contribution in [2.24, 2.45) is 0 Å². The lowest BCUT2D eigenvalue weighted by Crippen LogP contribution is -2.54. The first-order chi connectivity index (χ1) is 12.9. The van der Waals surface area contributed by atoms with Crippen LogP contribution < -0.4 is 10.6 Å². The molecule has 2 aromatic rings. The summed E-state index contributed by atoms with van der Waals surface area (Å²) in [5.41, 5.74) is 4.04. The Balaban J connectivity index is 2.15. The maximum absolute atomic E-state index is 13.8. The molecular formula is C16H15Cl3F3N5O. The summed E-state index contributed by atoms with van der Waals surface area (Å²) < 4.78 is 40.9. The molecule has 0 bridgehead atoms. The molecule has 0 amide bonds. The van der Waals surface area contributed by atoms with Crippen LogP contribution in [-0.4, -0.2) is 47.8 Å². The number of rotatable bonds is 2. The predicted molar refractivity (Wildman–Crippen MR) is 103 cm³/mol. The van der Waals surface area contributed by atoms with E-state index in [4.69, 9.17) is 40.5 Å². The molecule has 0 spiro atoms. The van der Waals surface area contributed by atoms with E-state index in [1.54, 1.807) is 0 Å². The van der Waals surface area contributed by atoms with Gasteiger partial charge in [-0.25, -0.2) is 4.98 Å². The lowest BCUT2D eigenvalue weighted by atomic mass is 10.0. The molecule has 12 heteroatoms. The first-order valence-corrected chi connectivity index (χ1v) is 9.22. The van der Waals surface area contributed by atoms with Gasteiger partial charge in [0.2, 0.25) is 5.95 Å². The predicted octanol–water partition coefficient (Wildman–Crippen LogP) is 4.47. The van der Waals surface area contributed by atoms with Crippen LogP contribution in [0.25, 0.3) is 11.1 Å². The van der Waals surface area contributed by atoms with Crippen LogP contribution in [0.15, 0.2) is 12.1 Å². The lowest BCUT2D eigenvalue weighted by Gasteiger charge is -2.45. The van der Waals surface area contributed by atoms with Crippen molar-refractivity contribution >= 4 is 46.6 Å². The van der Waals surface area contributed by atoms with Gasteiger partial charge in [-0.1, -0.05) is 34.8 Å². The number of nitrogens with zero attached hydrogens (tertiary/aromatic N) is 4. The van der Waals surface area contributed by atoms with Crippen molar-refractivity contribution < 1.29 is 17.8 Å². The minimum absolute atomic E-state index is 0.0238. The molecule has 1 aliphatic rings. The van der Waals surface area contributed by atoms with Gasteiger partial charge in [0, 0.05) is 10.6 Å². The molecular weight excluding hydrogens is 442 g/mol. The molecule has 1 fully saturated rings. The van der Waals surface area contributed by atoms with Crippen LogP contribution in [0.3, 0.4) is 0 Å². The van der Waals surface area contributed by atoms with Gasteiger partial charge in [0.15, 0.2) is 5.69 Å². The Bertz CT molecular complexity index is 913. The smallest absolute Gasteiger partial charge is 0.434 e. The van der Waals surface area contributed by atoms with E-state index in [1.165, 1.54) is 24.1 Å². The fourth-order valence-corrected chi connectivity index (χ4v) is 3.60. The van der Waals surface area contributed by atoms with Gasteiger partial charge in [0.1, 0.15) is 5.82 Å². The number of piperazine rings is 1. The van der Waals surface area contributed by atoms with Gasteiger partial charge in [0.25, 0.3) is 0 Å². The number of benzene rings is 1. The Hall–Kier alpha value is -1.52. The van der Waals surface area contributed by atoms with Gasteiger partial charge in [-0.15, -0.1) is 0 Å². The van der Waals surface area contributed by atoms with Gasteiger partial charge in [-0.2, -0.15) is 18.2 Å². The second-order valence-corrected chi connectivity index (χ2v) is 7.83. The summed E-state index contributed by atoms with van der Waals surface area (Å²) in [5.74, 6) is -0.611. The number of anilines is 2. The Labute approximate surface area is 173 Å². The molecule has 1 aliphatic heterocycles. The Morgan fingerprint density at radius 3 is 2.32 bits per heavy atom. The van der Waals surface area contributed by atoms with Crippen LogP contribution >= 0.6 is 34.8 Å². The summed E-state index contributed by atoms with van der Waals surface area (Å²) >= 11 is 18.0. The Morgan fingerprint density at radius 2 is 1.75 bits per heavy atom. The third kappa shape index (κ3) is 4.23. The second-order valence-electron chi connectivity index (χ2n) is 6.61. The molecule has 1 aromatic carbocycles. The normalized spacial score (nSPS) is 17.1. The molecule has 0 saturated carbocycles. The van der Waals surface area contributed by atoms with Gasteiger partial charge in [-0.3, -0.25) is 0 Å². The summed E-state index contributed by atoms with van der Waals surface area (Å²) in [6.45, 7) is 0.809. The molecule has 1 aromatic heterocycles. The molecule has 28 heavy (non-hydrogen) atoms. The number of alkyl halides is 3. The number of nitrogens with two attached hydrogens (primary N) is 1. The van der Waals surface area contributed by atoms with E-state index < -0.39 is 27.9 Å². The average molecular weight is 457 g/mol. The van der Waals surface area contributed by atoms with Crippen LogP contribution in [0.2, 0.25) is 15.1 Å². The van der Waals surface area contributed by atoms with E-state index in [-0.39, 0.29) is 52.8 Å². The highest BCUT2D eigenvalue weighted by atomic mass is 35.5. The Kier molecular flexibility index (Phi) is 5.59. The summed E-state index contributed by atoms with van der Waals surface area (Å²) in [6, 6.07) is 2.53. The molecule has 1 saturated heterocycles. The van der Waals surface area contributed by atoms with Crippen molar-refractivity contribution in [1.82, 2.24) is 9.97 Å². The highest BCUT2D eigenvalue weighted by Gasteiger charge is 2.39. The summed E-state index contributed by atoms with van der Waals surface area (Å²) in [6.07, 6.45) is -4.84. The lowest BCUT2D eigenvalue weighted by molar-refractivity contribution is -0.861. The molecule has 2 heterocycles. The maximum Gasteiger partial charge on any atom is 0.434 e. The van der Waals surface area contributed by atoms with Crippen molar-refractivity contribution in [3.8, 4) is 11.1 Å². The zero-order chi connectivity index (χ0) is 20.9. The maximum atomic E-state index is 13.8. The number of likely N-dealkylation sites (N-methyl/N-ethyl adjacent to an activating group) is 1. The van der Waals surface area contributed by atoms with Gasteiger partial charge >= 0.3 is 6.18 Å². The van der Waals surface area contributed by atoms with Crippen molar-refractivity contribution in [2.45, 2.75) is 6.18 Å². The molecule has 152 valence electrons. The van der Waals surface area contributed by atoms with E-state index in [2.05, 4.69) is 9.97 Å². The molecule has 0 atom stereocenters. The first kappa shape index (κ1) is 21.2. The van der Waals surface area contributed by atoms with Crippen LogP contribution in [-0.2, 0) is 6.18 Å². The standard InChI is InChI=1S/C16H15Cl3F3N5O/c1-27(28)4-2-26(3-5-27)15-24-13(16(20,21)22)11(14(23)25-15)9-6-8(17)7-10(18)12(9)19/h6-7H,2-5H2,1H3,(H2,23,24,25). The quantitative estimate of drug-likeness (QED) is 0.410. The molecule has 0 radical (unpaired) electrons. The molecule has 0 unspecified atom stereocenters. The van der Waals surface area contributed by atoms with Crippen molar-refractivity contribution in [3.05, 3.63) is 38.1 Å². The summed E-state index contributed by atoms with van der Waals surface area (Å²) in [7, 11) is 1.50. The SMILES string of the molecule is C[N+]1([O-])CCN(c2nc(N)c(-c3cc(Cl)cc(Cl)c3Cl)c(C(F)(F)F)n2)CC1. The van der Waals surface area contributed by atoms with Crippen molar-refractivity contribution in [1.29, 1.82) is 0 Å². The number of hydroxylamine groups is 3. The Morgan fingerprint density at radius 1 is 1.14 bits per heavy atom. The zero-order valence-corrected chi connectivity index (χ0v) is 16.8. The van der Waals surface area contributed by atoms with Crippen LogP contribution in [0.1, 0.15) is 5.69 Å². The summed E-state index contributed by atoms with van der Waals surface area (Å²) in [5, 5.41) is 11.9. The number of quaternary nitrogens is 1. The number of nitrogen functional groups attached to an aromatic ring is 1. The highest BCUT2D eigenvalue weighted by Crippen LogP contribution is 2.44. The second kappa shape index (κ2) is 7.38. The van der Waals surface area contributed by atoms with E-state index in [1.807, 2.05) is 0 Å². The zero-order valence-electron chi connectivity index (χ0n) is 14.5. The van der Waals surface area contributed by atoms with Gasteiger partial charge < -0.3 is 20.5 Å². The van der Waals surface area contributed by atoms with Crippen molar-refractivity contribution in [2.75, 3.05) is 43.9 Å². The average Bonchev–Trinajstić information content (AvgIpc) is 2.57. The molecule has 3 rings (SSSR count).